The molecule has 1 saturated heterocycles. The summed E-state index contributed by atoms with van der Waals surface area (Å²) in [5, 5.41) is 12.0. The van der Waals surface area contributed by atoms with E-state index in [1.165, 1.54) is 24.3 Å². The average Bonchev–Trinajstić information content (AvgIpc) is 3.16. The minimum absolute atomic E-state index is 0.00128. The number of piperidine rings is 1. The Labute approximate surface area is 162 Å². The number of likely N-dealkylation sites (tertiary alicyclic amines) is 1. The standard InChI is InChI=1S/C20H24FN5O2/c21-16-3-1-14(2-4-16)17(27)5-6-19(28)25-10-7-15(8-11-25)20-24-23-18-13-22-9-12-26(18)20/h1-4,15,22H,5-13H2. The van der Waals surface area contributed by atoms with Gasteiger partial charge in [-0.05, 0) is 37.1 Å². The minimum atomic E-state index is -0.374. The van der Waals surface area contributed by atoms with Crippen molar-refractivity contribution in [2.45, 2.75) is 44.7 Å². The molecule has 3 heterocycles. The molecule has 8 heteroatoms. The highest BCUT2D eigenvalue weighted by atomic mass is 19.1. The van der Waals surface area contributed by atoms with Gasteiger partial charge >= 0.3 is 0 Å². The van der Waals surface area contributed by atoms with Gasteiger partial charge in [0.25, 0.3) is 0 Å². The van der Waals surface area contributed by atoms with Crippen LogP contribution < -0.4 is 5.32 Å². The Morgan fingerprint density at radius 2 is 1.82 bits per heavy atom. The summed E-state index contributed by atoms with van der Waals surface area (Å²) < 4.78 is 15.2. The lowest BCUT2D eigenvalue weighted by atomic mass is 9.95. The van der Waals surface area contributed by atoms with Crippen LogP contribution in [-0.4, -0.2) is 51.0 Å². The van der Waals surface area contributed by atoms with Gasteiger partial charge in [-0.25, -0.2) is 4.39 Å². The number of halogens is 1. The van der Waals surface area contributed by atoms with Gasteiger partial charge in [-0.3, -0.25) is 9.59 Å². The summed E-state index contributed by atoms with van der Waals surface area (Å²) in [4.78, 5) is 26.5. The second kappa shape index (κ2) is 8.18. The molecular weight excluding hydrogens is 361 g/mol. The van der Waals surface area contributed by atoms with Crippen LogP contribution in [0.1, 0.15) is 53.6 Å². The van der Waals surface area contributed by atoms with Gasteiger partial charge in [0.15, 0.2) is 5.78 Å². The first-order valence-corrected chi connectivity index (χ1v) is 9.81. The molecule has 0 bridgehead atoms. The topological polar surface area (TPSA) is 80.1 Å². The average molecular weight is 385 g/mol. The van der Waals surface area contributed by atoms with E-state index in [4.69, 9.17) is 0 Å². The van der Waals surface area contributed by atoms with Crippen LogP contribution in [0.15, 0.2) is 24.3 Å². The SMILES string of the molecule is O=C(CCC(=O)N1CCC(c2nnc3n2CCNC3)CC1)c1ccc(F)cc1. The first-order chi connectivity index (χ1) is 13.6. The number of hydrogen-bond donors (Lipinski definition) is 1. The molecule has 7 nitrogen and oxygen atoms in total. The number of amides is 1. The molecule has 0 aliphatic carbocycles. The molecule has 1 fully saturated rings. The number of nitrogens with one attached hydrogen (secondary N) is 1. The van der Waals surface area contributed by atoms with Gasteiger partial charge in [-0.2, -0.15) is 0 Å². The van der Waals surface area contributed by atoms with Gasteiger partial charge in [0.2, 0.25) is 5.91 Å². The third-order valence-corrected chi connectivity index (χ3v) is 5.60. The molecule has 0 unspecified atom stereocenters. The molecule has 2 aromatic rings. The van der Waals surface area contributed by atoms with Crippen molar-refractivity contribution in [2.75, 3.05) is 19.6 Å². The Kier molecular flexibility index (Phi) is 5.47. The largest absolute Gasteiger partial charge is 0.343 e. The Balaban J connectivity index is 1.28. The number of benzene rings is 1. The predicted octanol–water partition coefficient (Wildman–Crippen LogP) is 1.89. The number of ketones is 1. The van der Waals surface area contributed by atoms with Gasteiger partial charge in [-0.1, -0.05) is 0 Å². The Hall–Kier alpha value is -2.61. The molecule has 148 valence electrons. The van der Waals surface area contributed by atoms with Crippen molar-refractivity contribution in [3.8, 4) is 0 Å². The van der Waals surface area contributed by atoms with Crippen molar-refractivity contribution in [3.05, 3.63) is 47.3 Å². The lowest BCUT2D eigenvalue weighted by molar-refractivity contribution is -0.132. The smallest absolute Gasteiger partial charge is 0.223 e. The van der Waals surface area contributed by atoms with E-state index in [2.05, 4.69) is 20.1 Å². The van der Waals surface area contributed by atoms with Crippen molar-refractivity contribution >= 4 is 11.7 Å². The number of nitrogens with zero attached hydrogens (tertiary/aromatic N) is 4. The molecule has 1 amide bonds. The maximum atomic E-state index is 12.9. The summed E-state index contributed by atoms with van der Waals surface area (Å²) >= 11 is 0. The molecule has 0 radical (unpaired) electrons. The minimum Gasteiger partial charge on any atom is -0.343 e. The summed E-state index contributed by atoms with van der Waals surface area (Å²) in [6.45, 7) is 3.93. The monoisotopic (exact) mass is 385 g/mol. The van der Waals surface area contributed by atoms with Crippen LogP contribution in [0.4, 0.5) is 4.39 Å². The third-order valence-electron chi connectivity index (χ3n) is 5.60. The number of aromatic nitrogens is 3. The summed E-state index contributed by atoms with van der Waals surface area (Å²) in [5.74, 6) is 1.84. The van der Waals surface area contributed by atoms with Crippen LogP contribution in [0.25, 0.3) is 0 Å². The van der Waals surface area contributed by atoms with Crippen molar-refractivity contribution in [1.29, 1.82) is 0 Å². The van der Waals surface area contributed by atoms with E-state index >= 15 is 0 Å². The highest BCUT2D eigenvalue weighted by Crippen LogP contribution is 2.28. The van der Waals surface area contributed by atoms with Crippen LogP contribution in [0.2, 0.25) is 0 Å². The van der Waals surface area contributed by atoms with E-state index in [1.54, 1.807) is 0 Å². The van der Waals surface area contributed by atoms with E-state index < -0.39 is 0 Å². The van der Waals surface area contributed by atoms with Crippen LogP contribution in [0.3, 0.4) is 0 Å². The van der Waals surface area contributed by atoms with Crippen molar-refractivity contribution in [3.63, 3.8) is 0 Å². The van der Waals surface area contributed by atoms with Gasteiger partial charge < -0.3 is 14.8 Å². The lowest BCUT2D eigenvalue weighted by Gasteiger charge is -2.32. The van der Waals surface area contributed by atoms with Crippen molar-refractivity contribution in [1.82, 2.24) is 25.0 Å². The van der Waals surface area contributed by atoms with Crippen molar-refractivity contribution < 1.29 is 14.0 Å². The zero-order chi connectivity index (χ0) is 19.5. The maximum absolute atomic E-state index is 12.9. The van der Waals surface area contributed by atoms with Crippen LogP contribution in [0.5, 0.6) is 0 Å². The van der Waals surface area contributed by atoms with Gasteiger partial charge in [0, 0.05) is 50.5 Å². The summed E-state index contributed by atoms with van der Waals surface area (Å²) in [6.07, 6.45) is 2.06. The quantitative estimate of drug-likeness (QED) is 0.795. The molecule has 1 aromatic heterocycles. The van der Waals surface area contributed by atoms with E-state index in [0.717, 1.165) is 44.1 Å². The normalized spacial score (nSPS) is 17.4. The second-order valence-electron chi connectivity index (χ2n) is 7.39. The summed E-state index contributed by atoms with van der Waals surface area (Å²) in [5.41, 5.74) is 0.443. The first-order valence-electron chi connectivity index (χ1n) is 9.81. The third kappa shape index (κ3) is 3.96. The Morgan fingerprint density at radius 3 is 2.57 bits per heavy atom. The lowest BCUT2D eigenvalue weighted by Crippen LogP contribution is -2.39. The molecule has 4 rings (SSSR count). The molecule has 1 aromatic carbocycles. The number of Topliss-reactive ketones (excluding diaryl/α,β-unsaturated/α-hetero) is 1. The zero-order valence-corrected chi connectivity index (χ0v) is 15.7. The molecule has 28 heavy (non-hydrogen) atoms. The number of fused-ring (bicyclic) bond motifs is 1. The van der Waals surface area contributed by atoms with E-state index in [9.17, 15) is 14.0 Å². The van der Waals surface area contributed by atoms with Crippen LogP contribution in [-0.2, 0) is 17.9 Å². The summed E-state index contributed by atoms with van der Waals surface area (Å²) in [7, 11) is 0. The molecule has 0 atom stereocenters. The van der Waals surface area contributed by atoms with E-state index in [-0.39, 0.29) is 30.3 Å². The number of hydrogen-bond acceptors (Lipinski definition) is 5. The molecule has 1 N–H and O–H groups in total. The van der Waals surface area contributed by atoms with Gasteiger partial charge in [0.05, 0.1) is 6.54 Å². The zero-order valence-electron chi connectivity index (χ0n) is 15.7. The summed E-state index contributed by atoms with van der Waals surface area (Å²) in [6, 6.07) is 5.45. The maximum Gasteiger partial charge on any atom is 0.223 e. The fraction of sp³-hybridized carbons (Fsp3) is 0.500. The highest BCUT2D eigenvalue weighted by Gasteiger charge is 2.28. The van der Waals surface area contributed by atoms with Gasteiger partial charge in [-0.15, -0.1) is 10.2 Å². The predicted molar refractivity (Wildman–Crippen MR) is 100 cm³/mol. The number of carbonyl (C=O) groups excluding carboxylic acids is 2. The molecular formula is C20H24FN5O2. The van der Waals surface area contributed by atoms with E-state index in [1.807, 2.05) is 4.90 Å². The fourth-order valence-corrected chi connectivity index (χ4v) is 3.96. The first kappa shape index (κ1) is 18.7. The number of rotatable bonds is 5. The number of carbonyl (C=O) groups is 2. The van der Waals surface area contributed by atoms with Crippen molar-refractivity contribution in [2.24, 2.45) is 0 Å². The molecule has 2 aliphatic rings. The van der Waals surface area contributed by atoms with Crippen LogP contribution >= 0.6 is 0 Å². The molecule has 0 spiro atoms. The van der Waals surface area contributed by atoms with E-state index in [0.29, 0.717) is 24.6 Å². The Morgan fingerprint density at radius 1 is 1.07 bits per heavy atom. The Bertz CT molecular complexity index is 856. The molecule has 2 aliphatic heterocycles. The van der Waals surface area contributed by atoms with Crippen LogP contribution in [0, 0.1) is 5.82 Å². The highest BCUT2D eigenvalue weighted by molar-refractivity contribution is 5.97. The van der Waals surface area contributed by atoms with Gasteiger partial charge in [0.1, 0.15) is 17.5 Å². The fourth-order valence-electron chi connectivity index (χ4n) is 3.96. The molecule has 0 saturated carbocycles. The second-order valence-corrected chi connectivity index (χ2v) is 7.39.